The molecule has 0 aliphatic rings. The smallest absolute Gasteiger partial charge is 0.138 e. The lowest BCUT2D eigenvalue weighted by Gasteiger charge is -2.02. The van der Waals surface area contributed by atoms with Gasteiger partial charge in [0, 0.05) is 6.54 Å². The highest BCUT2D eigenvalue weighted by Gasteiger charge is 1.95. The van der Waals surface area contributed by atoms with Gasteiger partial charge in [0.1, 0.15) is 6.33 Å². The van der Waals surface area contributed by atoms with Crippen molar-refractivity contribution in [3.63, 3.8) is 0 Å². The third-order valence-electron chi connectivity index (χ3n) is 1.56. The molecule has 0 aliphatic carbocycles. The van der Waals surface area contributed by atoms with Crippen LogP contribution in [0.25, 0.3) is 0 Å². The van der Waals surface area contributed by atoms with Crippen molar-refractivity contribution in [2.75, 3.05) is 0 Å². The molecule has 0 amide bonds. The maximum absolute atomic E-state index is 3.77. The van der Waals surface area contributed by atoms with Crippen LogP contribution in [0.15, 0.2) is 6.33 Å². The van der Waals surface area contributed by atoms with Crippen molar-refractivity contribution in [1.82, 2.24) is 20.2 Å². The molecule has 0 N–H and O–H groups in total. The lowest BCUT2D eigenvalue weighted by atomic mass is 10.1. The number of nitrogens with zero attached hydrogens (tertiary/aromatic N) is 4. The summed E-state index contributed by atoms with van der Waals surface area (Å²) in [6, 6.07) is 0. The van der Waals surface area contributed by atoms with Gasteiger partial charge in [-0.25, -0.2) is 4.68 Å². The Bertz CT molecular complexity index is 180. The fraction of sp³-hybridized carbons (Fsp3) is 0.857. The molecule has 0 radical (unpaired) electrons. The number of rotatable bonds is 4. The minimum Gasteiger partial charge on any atom is -0.233 e. The van der Waals surface area contributed by atoms with E-state index in [-0.39, 0.29) is 0 Å². The Morgan fingerprint density at radius 1 is 1.45 bits per heavy atom. The minimum absolute atomic E-state index is 0.770. The molecule has 0 aromatic carbocycles. The Hall–Kier alpha value is -0.930. The second-order valence-corrected chi connectivity index (χ2v) is 3.11. The first-order valence-corrected chi connectivity index (χ1v) is 4.00. The molecule has 4 nitrogen and oxygen atoms in total. The van der Waals surface area contributed by atoms with Gasteiger partial charge in [0.05, 0.1) is 0 Å². The van der Waals surface area contributed by atoms with Gasteiger partial charge in [0.2, 0.25) is 0 Å². The third-order valence-corrected chi connectivity index (χ3v) is 1.56. The summed E-state index contributed by atoms with van der Waals surface area (Å²) >= 11 is 0. The van der Waals surface area contributed by atoms with Crippen LogP contribution in [0.4, 0.5) is 0 Å². The molecule has 0 spiro atoms. The van der Waals surface area contributed by atoms with E-state index in [1.165, 1.54) is 6.42 Å². The highest BCUT2D eigenvalue weighted by atomic mass is 15.5. The molecule has 1 heterocycles. The largest absolute Gasteiger partial charge is 0.233 e. The topological polar surface area (TPSA) is 43.6 Å². The molecule has 0 aliphatic heterocycles. The maximum Gasteiger partial charge on any atom is 0.138 e. The van der Waals surface area contributed by atoms with Crippen molar-refractivity contribution in [3.05, 3.63) is 6.33 Å². The zero-order chi connectivity index (χ0) is 8.10. The number of aromatic nitrogens is 4. The summed E-state index contributed by atoms with van der Waals surface area (Å²) in [4.78, 5) is 0. The summed E-state index contributed by atoms with van der Waals surface area (Å²) < 4.78 is 1.77. The molecule has 1 aromatic rings. The number of hydrogen-bond acceptors (Lipinski definition) is 3. The summed E-state index contributed by atoms with van der Waals surface area (Å²) in [6.45, 7) is 5.38. The molecule has 0 saturated heterocycles. The quantitative estimate of drug-likeness (QED) is 0.652. The van der Waals surface area contributed by atoms with Crippen LogP contribution < -0.4 is 0 Å². The van der Waals surface area contributed by atoms with Crippen molar-refractivity contribution < 1.29 is 0 Å². The molecular formula is C7H14N4. The second-order valence-electron chi connectivity index (χ2n) is 3.11. The first-order valence-electron chi connectivity index (χ1n) is 4.00. The molecule has 0 fully saturated rings. The average Bonchev–Trinajstić information content (AvgIpc) is 2.39. The van der Waals surface area contributed by atoms with E-state index in [1.54, 1.807) is 11.0 Å². The highest BCUT2D eigenvalue weighted by Crippen LogP contribution is 2.03. The van der Waals surface area contributed by atoms with Gasteiger partial charge in [-0.3, -0.25) is 0 Å². The van der Waals surface area contributed by atoms with Gasteiger partial charge in [0.25, 0.3) is 0 Å². The summed E-state index contributed by atoms with van der Waals surface area (Å²) in [5.41, 5.74) is 0. The Morgan fingerprint density at radius 3 is 2.82 bits per heavy atom. The monoisotopic (exact) mass is 154 g/mol. The molecule has 0 unspecified atom stereocenters. The van der Waals surface area contributed by atoms with Crippen LogP contribution in [-0.2, 0) is 6.54 Å². The molecule has 11 heavy (non-hydrogen) atoms. The minimum atomic E-state index is 0.770. The zero-order valence-corrected chi connectivity index (χ0v) is 7.06. The van der Waals surface area contributed by atoms with Crippen molar-refractivity contribution in [3.8, 4) is 0 Å². The molecule has 1 rings (SSSR count). The van der Waals surface area contributed by atoms with Gasteiger partial charge < -0.3 is 0 Å². The van der Waals surface area contributed by atoms with Gasteiger partial charge in [-0.15, -0.1) is 5.10 Å². The van der Waals surface area contributed by atoms with Crippen molar-refractivity contribution in [2.45, 2.75) is 33.2 Å². The molecule has 62 valence electrons. The predicted molar refractivity (Wildman–Crippen MR) is 41.9 cm³/mol. The molecule has 4 heteroatoms. The summed E-state index contributed by atoms with van der Waals surface area (Å²) in [5.74, 6) is 0.770. The van der Waals surface area contributed by atoms with Gasteiger partial charge >= 0.3 is 0 Å². The Labute approximate surface area is 66.6 Å². The summed E-state index contributed by atoms with van der Waals surface area (Å²) in [5, 5.41) is 10.9. The first kappa shape index (κ1) is 8.17. The van der Waals surface area contributed by atoms with E-state index in [2.05, 4.69) is 29.4 Å². The van der Waals surface area contributed by atoms with Crippen LogP contribution in [0.5, 0.6) is 0 Å². The fourth-order valence-corrected chi connectivity index (χ4v) is 0.944. The van der Waals surface area contributed by atoms with Crippen LogP contribution in [0.3, 0.4) is 0 Å². The fourth-order valence-electron chi connectivity index (χ4n) is 0.944. The first-order chi connectivity index (χ1) is 5.29. The van der Waals surface area contributed by atoms with Gasteiger partial charge in [-0.05, 0) is 29.2 Å². The van der Waals surface area contributed by atoms with E-state index < -0.39 is 0 Å². The average molecular weight is 154 g/mol. The zero-order valence-electron chi connectivity index (χ0n) is 7.06. The lowest BCUT2D eigenvalue weighted by Crippen LogP contribution is -2.00. The van der Waals surface area contributed by atoms with Crippen LogP contribution in [0, 0.1) is 5.92 Å². The SMILES string of the molecule is CC(C)CCCn1cnnn1. The van der Waals surface area contributed by atoms with Crippen molar-refractivity contribution >= 4 is 0 Å². The van der Waals surface area contributed by atoms with Gasteiger partial charge in [0.15, 0.2) is 0 Å². The van der Waals surface area contributed by atoms with Crippen molar-refractivity contribution in [1.29, 1.82) is 0 Å². The second kappa shape index (κ2) is 4.05. The van der Waals surface area contributed by atoms with Crippen LogP contribution in [-0.4, -0.2) is 20.2 Å². The van der Waals surface area contributed by atoms with E-state index in [0.29, 0.717) is 0 Å². The molecule has 0 atom stereocenters. The lowest BCUT2D eigenvalue weighted by molar-refractivity contribution is 0.482. The van der Waals surface area contributed by atoms with E-state index in [1.807, 2.05) is 0 Å². The van der Waals surface area contributed by atoms with Gasteiger partial charge in [-0.2, -0.15) is 0 Å². The van der Waals surface area contributed by atoms with Gasteiger partial charge in [-0.1, -0.05) is 13.8 Å². The predicted octanol–water partition coefficient (Wildman–Crippen LogP) is 1.11. The van der Waals surface area contributed by atoms with Crippen LogP contribution in [0.2, 0.25) is 0 Å². The van der Waals surface area contributed by atoms with Crippen molar-refractivity contribution in [2.24, 2.45) is 5.92 Å². The standard InChI is InChI=1S/C7H14N4/c1-7(2)4-3-5-11-6-8-9-10-11/h6-7H,3-5H2,1-2H3. The van der Waals surface area contributed by atoms with Crippen LogP contribution >= 0.6 is 0 Å². The molecule has 0 bridgehead atoms. The normalized spacial score (nSPS) is 10.8. The number of aryl methyl sites for hydroxylation is 1. The molecule has 1 aromatic heterocycles. The van der Waals surface area contributed by atoms with E-state index in [0.717, 1.165) is 18.9 Å². The highest BCUT2D eigenvalue weighted by molar-refractivity contribution is 4.49. The Balaban J connectivity index is 2.14. The number of tetrazole rings is 1. The van der Waals surface area contributed by atoms with E-state index >= 15 is 0 Å². The third kappa shape index (κ3) is 3.11. The maximum atomic E-state index is 3.77. The molecular weight excluding hydrogens is 140 g/mol. The van der Waals surface area contributed by atoms with Crippen LogP contribution in [0.1, 0.15) is 26.7 Å². The summed E-state index contributed by atoms with van der Waals surface area (Å²) in [6.07, 6.45) is 4.04. The van der Waals surface area contributed by atoms with E-state index in [9.17, 15) is 0 Å². The van der Waals surface area contributed by atoms with E-state index in [4.69, 9.17) is 0 Å². The molecule has 0 saturated carbocycles. The number of hydrogen-bond donors (Lipinski definition) is 0. The Morgan fingerprint density at radius 2 is 2.27 bits per heavy atom. The Kier molecular flexibility index (Phi) is 3.01. The summed E-state index contributed by atoms with van der Waals surface area (Å²) in [7, 11) is 0.